The molecule has 2 heterocycles. The van der Waals surface area contributed by atoms with Crippen LogP contribution in [0.3, 0.4) is 0 Å². The Labute approximate surface area is 144 Å². The third-order valence-corrected chi connectivity index (χ3v) is 3.76. The van der Waals surface area contributed by atoms with E-state index in [4.69, 9.17) is 5.11 Å². The summed E-state index contributed by atoms with van der Waals surface area (Å²) in [6.07, 6.45) is -11.3. The number of hydrogen-bond acceptors (Lipinski definition) is 4. The van der Waals surface area contributed by atoms with E-state index in [1.165, 1.54) is 5.32 Å². The summed E-state index contributed by atoms with van der Waals surface area (Å²) in [6, 6.07) is 0.386. The number of halogens is 7. The highest BCUT2D eigenvalue weighted by molar-refractivity contribution is 9.10. The Morgan fingerprint density at radius 3 is 2.52 bits per heavy atom. The molecule has 0 radical (unpaired) electrons. The molecule has 6 nitrogen and oxygen atoms in total. The van der Waals surface area contributed by atoms with Crippen molar-refractivity contribution >= 4 is 28.0 Å². The van der Waals surface area contributed by atoms with E-state index in [0.29, 0.717) is 13.0 Å². The van der Waals surface area contributed by atoms with Gasteiger partial charge in [0.1, 0.15) is 16.1 Å². The molecule has 0 fully saturated rings. The van der Waals surface area contributed by atoms with Crippen LogP contribution in [0.25, 0.3) is 0 Å². The van der Waals surface area contributed by atoms with Crippen molar-refractivity contribution in [3.8, 4) is 0 Å². The summed E-state index contributed by atoms with van der Waals surface area (Å²) >= 11 is 2.80. The molecule has 2 atom stereocenters. The summed E-state index contributed by atoms with van der Waals surface area (Å²) in [5.74, 6) is -6.16. The van der Waals surface area contributed by atoms with Gasteiger partial charge < -0.3 is 9.84 Å². The second kappa shape index (κ2) is 6.04. The molecule has 1 amide bonds. The molecule has 0 spiro atoms. The van der Waals surface area contributed by atoms with E-state index >= 15 is 0 Å². The van der Waals surface area contributed by atoms with Gasteiger partial charge in [-0.15, -0.1) is 0 Å². The molecule has 2 N–H and O–H groups in total. The van der Waals surface area contributed by atoms with Gasteiger partial charge in [-0.05, 0) is 35.0 Å². The first-order valence-corrected chi connectivity index (χ1v) is 7.12. The Hall–Kier alpha value is -2.05. The van der Waals surface area contributed by atoms with E-state index in [9.17, 15) is 31.1 Å². The molecule has 1 aromatic rings. The van der Waals surface area contributed by atoms with Crippen molar-refractivity contribution in [2.45, 2.75) is 30.7 Å². The van der Waals surface area contributed by atoms with Gasteiger partial charge in [-0.3, -0.25) is 0 Å². The van der Waals surface area contributed by atoms with Gasteiger partial charge in [-0.25, -0.2) is 24.5 Å². The number of pyridine rings is 1. The number of carbonyl (C=O) groups is 1. The van der Waals surface area contributed by atoms with Crippen LogP contribution >= 0.6 is 15.9 Å². The second-order valence-electron chi connectivity index (χ2n) is 5.05. The summed E-state index contributed by atoms with van der Waals surface area (Å²) < 4.78 is 86.1. The van der Waals surface area contributed by atoms with Gasteiger partial charge in [0, 0.05) is 0 Å². The number of nitrogens with zero attached hydrogens (tertiary/aromatic N) is 2. The quantitative estimate of drug-likeness (QED) is 0.522. The average Bonchev–Trinajstić information content (AvgIpc) is 2.43. The third-order valence-electron chi connectivity index (χ3n) is 3.32. The van der Waals surface area contributed by atoms with E-state index in [2.05, 4.69) is 30.6 Å². The predicted molar refractivity (Wildman–Crippen MR) is 73.7 cm³/mol. The standard InChI is InChI=1S/C12H8BrF6N3O3/c1-10(6-4(14)2-3-5(13)20-6)11(15,16)7(12(17,18)19)25-8(22-10)21-9(23)24/h2-3,7H,1H3,(H,21,22)(H,23,24)/t7-,10-/m1/s1. The molecule has 2 rings (SSSR count). The number of nitrogens with one attached hydrogen (secondary N) is 1. The van der Waals surface area contributed by atoms with Crippen molar-refractivity contribution in [3.05, 3.63) is 28.2 Å². The first-order chi connectivity index (χ1) is 11.3. The van der Waals surface area contributed by atoms with Gasteiger partial charge in [0.05, 0.1) is 0 Å². The lowest BCUT2D eigenvalue weighted by Crippen LogP contribution is -2.62. The topological polar surface area (TPSA) is 83.8 Å². The third kappa shape index (κ3) is 3.37. The lowest BCUT2D eigenvalue weighted by atomic mass is 9.85. The largest absolute Gasteiger partial charge is 0.465 e. The fourth-order valence-corrected chi connectivity index (χ4v) is 2.45. The Bertz CT molecular complexity index is 741. The van der Waals surface area contributed by atoms with Crippen LogP contribution in [0, 0.1) is 5.82 Å². The molecule has 0 unspecified atom stereocenters. The van der Waals surface area contributed by atoms with Gasteiger partial charge in [0.25, 0.3) is 12.1 Å². The van der Waals surface area contributed by atoms with Crippen LogP contribution in [0.2, 0.25) is 0 Å². The number of amidine groups is 1. The highest BCUT2D eigenvalue weighted by Gasteiger charge is 2.70. The molecule has 1 aliphatic heterocycles. The van der Waals surface area contributed by atoms with Gasteiger partial charge in [-0.1, -0.05) is 0 Å². The normalized spacial score (nSPS) is 25.8. The van der Waals surface area contributed by atoms with Gasteiger partial charge >= 0.3 is 18.2 Å². The molecule has 138 valence electrons. The first kappa shape index (κ1) is 19.3. The summed E-state index contributed by atoms with van der Waals surface area (Å²) in [5.41, 5.74) is -4.31. The van der Waals surface area contributed by atoms with E-state index in [1.807, 2.05) is 0 Å². The molecule has 0 saturated carbocycles. The monoisotopic (exact) mass is 435 g/mol. The lowest BCUT2D eigenvalue weighted by molar-refractivity contribution is -0.288. The van der Waals surface area contributed by atoms with Crippen LogP contribution in [0.1, 0.15) is 12.6 Å². The zero-order valence-corrected chi connectivity index (χ0v) is 13.6. The van der Waals surface area contributed by atoms with Gasteiger partial charge in [0.2, 0.25) is 0 Å². The Morgan fingerprint density at radius 2 is 2.00 bits per heavy atom. The zero-order valence-electron chi connectivity index (χ0n) is 12.0. The molecule has 0 bridgehead atoms. The molecule has 13 heteroatoms. The first-order valence-electron chi connectivity index (χ1n) is 6.32. The number of carboxylic acid groups (broad SMARTS) is 1. The molecule has 1 aliphatic rings. The maximum atomic E-state index is 14.6. The molecule has 1 aromatic heterocycles. The van der Waals surface area contributed by atoms with Crippen LogP contribution in [0.4, 0.5) is 31.1 Å². The Morgan fingerprint density at radius 1 is 1.40 bits per heavy atom. The summed E-state index contributed by atoms with van der Waals surface area (Å²) in [4.78, 5) is 17.2. The maximum Gasteiger partial charge on any atom is 0.431 e. The lowest BCUT2D eigenvalue weighted by Gasteiger charge is -2.42. The van der Waals surface area contributed by atoms with Crippen molar-refractivity contribution in [3.63, 3.8) is 0 Å². The van der Waals surface area contributed by atoms with Crippen molar-refractivity contribution in [1.29, 1.82) is 0 Å². The fraction of sp³-hybridized carbons (Fsp3) is 0.417. The molecule has 0 saturated heterocycles. The Balaban J connectivity index is 2.73. The van der Waals surface area contributed by atoms with E-state index in [1.54, 1.807) is 0 Å². The van der Waals surface area contributed by atoms with E-state index in [0.717, 1.165) is 6.07 Å². The molecular weight excluding hydrogens is 428 g/mol. The SMILES string of the molecule is C[C@]1(c2nc(Br)ccc2F)N=C(NC(=O)O)O[C@@H](C(F)(F)F)C1(F)F. The number of aliphatic imine (C=N–C) groups is 1. The predicted octanol–water partition coefficient (Wildman–Crippen LogP) is 3.42. The van der Waals surface area contributed by atoms with Gasteiger partial charge in [-0.2, -0.15) is 22.0 Å². The highest BCUT2D eigenvalue weighted by atomic mass is 79.9. The molecule has 25 heavy (non-hydrogen) atoms. The van der Waals surface area contributed by atoms with Crippen LogP contribution in [-0.4, -0.2) is 40.4 Å². The molecule has 0 aromatic carbocycles. The Kier molecular flexibility index (Phi) is 4.65. The summed E-state index contributed by atoms with van der Waals surface area (Å²) in [6.45, 7) is 0.496. The van der Waals surface area contributed by atoms with Crippen molar-refractivity contribution in [1.82, 2.24) is 10.3 Å². The molecule has 0 aliphatic carbocycles. The zero-order chi connectivity index (χ0) is 19.2. The smallest absolute Gasteiger partial charge is 0.431 e. The van der Waals surface area contributed by atoms with E-state index in [-0.39, 0.29) is 4.60 Å². The van der Waals surface area contributed by atoms with Gasteiger partial charge in [0.15, 0.2) is 5.54 Å². The number of aromatic nitrogens is 1. The highest BCUT2D eigenvalue weighted by Crippen LogP contribution is 2.50. The molecular formula is C12H8BrF6N3O3. The minimum Gasteiger partial charge on any atom is -0.465 e. The second-order valence-corrected chi connectivity index (χ2v) is 5.86. The van der Waals surface area contributed by atoms with Crippen LogP contribution in [0.15, 0.2) is 21.7 Å². The summed E-state index contributed by atoms with van der Waals surface area (Å²) in [5, 5.41) is 9.92. The maximum absolute atomic E-state index is 14.6. The number of alkyl halides is 5. The minimum absolute atomic E-state index is 0.140. The van der Waals surface area contributed by atoms with Crippen LogP contribution in [0.5, 0.6) is 0 Å². The summed E-state index contributed by atoms with van der Waals surface area (Å²) in [7, 11) is 0. The van der Waals surface area contributed by atoms with Crippen molar-refractivity contribution < 1.29 is 41.0 Å². The average molecular weight is 436 g/mol. The van der Waals surface area contributed by atoms with E-state index < -0.39 is 47.4 Å². The fourth-order valence-electron chi connectivity index (χ4n) is 2.14. The van der Waals surface area contributed by atoms with Crippen molar-refractivity contribution in [2.24, 2.45) is 4.99 Å². The number of hydrogen-bond donors (Lipinski definition) is 2. The minimum atomic E-state index is -5.60. The van der Waals surface area contributed by atoms with Crippen LogP contribution < -0.4 is 5.32 Å². The number of amides is 1. The number of rotatable bonds is 1. The number of ether oxygens (including phenoxy) is 1. The van der Waals surface area contributed by atoms with Crippen molar-refractivity contribution in [2.75, 3.05) is 0 Å². The van der Waals surface area contributed by atoms with Crippen LogP contribution in [-0.2, 0) is 10.3 Å².